The van der Waals surface area contributed by atoms with Crippen LogP contribution in [0.2, 0.25) is 0 Å². The van der Waals surface area contributed by atoms with E-state index < -0.39 is 0 Å². The first kappa shape index (κ1) is 11.9. The van der Waals surface area contributed by atoms with Gasteiger partial charge in [0.25, 0.3) is 0 Å². The van der Waals surface area contributed by atoms with Crippen LogP contribution in [0.3, 0.4) is 0 Å². The average Bonchev–Trinajstić information content (AvgIpc) is 2.91. The molecule has 0 fully saturated rings. The van der Waals surface area contributed by atoms with Gasteiger partial charge in [0, 0.05) is 0 Å². The van der Waals surface area contributed by atoms with Gasteiger partial charge in [-0.15, -0.1) is 5.10 Å². The van der Waals surface area contributed by atoms with Crippen molar-refractivity contribution in [1.82, 2.24) is 20.2 Å². The summed E-state index contributed by atoms with van der Waals surface area (Å²) in [5.74, 6) is -0.282. The molecule has 0 unspecified atom stereocenters. The Bertz CT molecular complexity index is 684. The lowest BCUT2D eigenvalue weighted by Crippen LogP contribution is -1.98. The highest BCUT2D eigenvalue weighted by molar-refractivity contribution is 7.99. The molecule has 0 saturated carbocycles. The van der Waals surface area contributed by atoms with Crippen LogP contribution in [0.5, 0.6) is 0 Å². The van der Waals surface area contributed by atoms with E-state index in [1.807, 2.05) is 30.3 Å². The van der Waals surface area contributed by atoms with Crippen molar-refractivity contribution in [3.05, 3.63) is 60.4 Å². The van der Waals surface area contributed by atoms with Crippen molar-refractivity contribution < 1.29 is 4.39 Å². The van der Waals surface area contributed by atoms with Gasteiger partial charge in [-0.05, 0) is 46.5 Å². The van der Waals surface area contributed by atoms with E-state index in [4.69, 9.17) is 0 Å². The van der Waals surface area contributed by atoms with Crippen molar-refractivity contribution in [3.63, 3.8) is 0 Å². The quantitative estimate of drug-likeness (QED) is 0.735. The van der Waals surface area contributed by atoms with Crippen molar-refractivity contribution in [3.8, 4) is 5.69 Å². The van der Waals surface area contributed by atoms with Crippen molar-refractivity contribution in [2.24, 2.45) is 0 Å². The van der Waals surface area contributed by atoms with Gasteiger partial charge in [-0.3, -0.25) is 0 Å². The maximum absolute atomic E-state index is 13.6. The van der Waals surface area contributed by atoms with Gasteiger partial charge in [0.15, 0.2) is 0 Å². The molecule has 0 amide bonds. The number of nitrogens with zero attached hydrogens (tertiary/aromatic N) is 4. The Morgan fingerprint density at radius 2 is 1.68 bits per heavy atom. The second kappa shape index (κ2) is 5.19. The van der Waals surface area contributed by atoms with Crippen LogP contribution in [0.4, 0.5) is 4.39 Å². The number of benzene rings is 2. The smallest absolute Gasteiger partial charge is 0.206 e. The molecule has 0 saturated heterocycles. The largest absolute Gasteiger partial charge is 0.219 e. The first-order valence-electron chi connectivity index (χ1n) is 5.61. The molecule has 94 valence electrons. The zero-order valence-electron chi connectivity index (χ0n) is 9.77. The summed E-state index contributed by atoms with van der Waals surface area (Å²) >= 11 is 1.19. The number of rotatable bonds is 3. The summed E-state index contributed by atoms with van der Waals surface area (Å²) in [5.41, 5.74) is 0.839. The second-order valence-electron chi connectivity index (χ2n) is 3.74. The molecule has 1 heterocycles. The molecule has 4 nitrogen and oxygen atoms in total. The summed E-state index contributed by atoms with van der Waals surface area (Å²) in [7, 11) is 0. The van der Waals surface area contributed by atoms with Crippen LogP contribution < -0.4 is 0 Å². The van der Waals surface area contributed by atoms with E-state index >= 15 is 0 Å². The van der Waals surface area contributed by atoms with E-state index in [9.17, 15) is 4.39 Å². The Labute approximate surface area is 113 Å². The number of hydrogen-bond donors (Lipinski definition) is 0. The van der Waals surface area contributed by atoms with E-state index in [-0.39, 0.29) is 5.82 Å². The summed E-state index contributed by atoms with van der Waals surface area (Å²) in [4.78, 5) is 0.495. The SMILES string of the molecule is Fc1ccccc1Sc1nnnn1-c1ccccc1. The lowest BCUT2D eigenvalue weighted by atomic mass is 10.3. The fourth-order valence-electron chi connectivity index (χ4n) is 1.60. The number of hydrogen-bond acceptors (Lipinski definition) is 4. The van der Waals surface area contributed by atoms with E-state index in [2.05, 4.69) is 15.5 Å². The molecule has 0 aliphatic carbocycles. The Hall–Kier alpha value is -2.21. The summed E-state index contributed by atoms with van der Waals surface area (Å²) in [6, 6.07) is 16.0. The van der Waals surface area contributed by atoms with Gasteiger partial charge in [0.1, 0.15) is 5.82 Å². The van der Waals surface area contributed by atoms with Gasteiger partial charge >= 0.3 is 0 Å². The fraction of sp³-hybridized carbons (Fsp3) is 0. The molecule has 0 N–H and O–H groups in total. The fourth-order valence-corrected chi connectivity index (χ4v) is 2.41. The highest BCUT2D eigenvalue weighted by Crippen LogP contribution is 2.28. The minimum Gasteiger partial charge on any atom is -0.206 e. The first-order valence-corrected chi connectivity index (χ1v) is 6.42. The maximum atomic E-state index is 13.6. The minimum atomic E-state index is -0.282. The Balaban J connectivity index is 1.96. The van der Waals surface area contributed by atoms with Crippen molar-refractivity contribution >= 4 is 11.8 Å². The van der Waals surface area contributed by atoms with Crippen molar-refractivity contribution in [2.45, 2.75) is 10.1 Å². The van der Waals surface area contributed by atoms with Crippen LogP contribution in [0.1, 0.15) is 0 Å². The summed E-state index contributed by atoms with van der Waals surface area (Å²) < 4.78 is 15.2. The molecule has 6 heteroatoms. The van der Waals surface area contributed by atoms with Crippen LogP contribution in [0.25, 0.3) is 5.69 Å². The molecule has 2 aromatic carbocycles. The zero-order chi connectivity index (χ0) is 13.1. The number of tetrazole rings is 1. The number of para-hydroxylation sites is 1. The second-order valence-corrected chi connectivity index (χ2v) is 4.75. The van der Waals surface area contributed by atoms with Crippen LogP contribution in [-0.2, 0) is 0 Å². The molecule has 0 spiro atoms. The van der Waals surface area contributed by atoms with E-state index in [0.29, 0.717) is 10.1 Å². The van der Waals surface area contributed by atoms with Gasteiger partial charge in [-0.2, -0.15) is 4.68 Å². The van der Waals surface area contributed by atoms with Crippen LogP contribution in [0.15, 0.2) is 64.6 Å². The van der Waals surface area contributed by atoms with Gasteiger partial charge in [0.05, 0.1) is 10.6 Å². The topological polar surface area (TPSA) is 43.6 Å². The maximum Gasteiger partial charge on any atom is 0.219 e. The highest BCUT2D eigenvalue weighted by Gasteiger charge is 2.11. The number of aromatic nitrogens is 4. The summed E-state index contributed by atoms with van der Waals surface area (Å²) in [6.07, 6.45) is 0. The molecule has 0 aliphatic heterocycles. The number of halogens is 1. The van der Waals surface area contributed by atoms with Gasteiger partial charge < -0.3 is 0 Å². The van der Waals surface area contributed by atoms with Crippen molar-refractivity contribution in [1.29, 1.82) is 0 Å². The molecule has 0 radical (unpaired) electrons. The molecule has 0 atom stereocenters. The van der Waals surface area contributed by atoms with E-state index in [1.165, 1.54) is 17.8 Å². The minimum absolute atomic E-state index is 0.282. The Morgan fingerprint density at radius 3 is 2.47 bits per heavy atom. The third-order valence-electron chi connectivity index (χ3n) is 2.48. The molecule has 1 aromatic heterocycles. The van der Waals surface area contributed by atoms with Crippen LogP contribution in [-0.4, -0.2) is 20.2 Å². The lowest BCUT2D eigenvalue weighted by molar-refractivity contribution is 0.601. The predicted molar refractivity (Wildman–Crippen MR) is 69.7 cm³/mol. The normalized spacial score (nSPS) is 10.6. The molecule has 0 bridgehead atoms. The van der Waals surface area contributed by atoms with Gasteiger partial charge in [0.2, 0.25) is 5.16 Å². The van der Waals surface area contributed by atoms with Gasteiger partial charge in [-0.25, -0.2) is 4.39 Å². The monoisotopic (exact) mass is 272 g/mol. The average molecular weight is 272 g/mol. The van der Waals surface area contributed by atoms with Crippen LogP contribution >= 0.6 is 11.8 Å². The predicted octanol–water partition coefficient (Wildman–Crippen LogP) is 2.95. The Morgan fingerprint density at radius 1 is 0.947 bits per heavy atom. The van der Waals surface area contributed by atoms with E-state index in [1.54, 1.807) is 22.9 Å². The molecular weight excluding hydrogens is 263 g/mol. The van der Waals surface area contributed by atoms with Crippen molar-refractivity contribution in [2.75, 3.05) is 0 Å². The van der Waals surface area contributed by atoms with Crippen LogP contribution in [0, 0.1) is 5.82 Å². The van der Waals surface area contributed by atoms with Gasteiger partial charge in [-0.1, -0.05) is 30.3 Å². The molecule has 3 aromatic rings. The molecule has 0 aliphatic rings. The van der Waals surface area contributed by atoms with E-state index in [0.717, 1.165) is 5.69 Å². The molecule has 19 heavy (non-hydrogen) atoms. The Kier molecular flexibility index (Phi) is 3.24. The summed E-state index contributed by atoms with van der Waals surface area (Å²) in [5, 5.41) is 12.0. The standard InChI is InChI=1S/C13H9FN4S/c14-11-8-4-5-9-12(11)19-13-15-16-17-18(13)10-6-2-1-3-7-10/h1-9H. The third kappa shape index (κ3) is 2.48. The third-order valence-corrected chi connectivity index (χ3v) is 3.47. The lowest BCUT2D eigenvalue weighted by Gasteiger charge is -2.04. The summed E-state index contributed by atoms with van der Waals surface area (Å²) in [6.45, 7) is 0. The zero-order valence-corrected chi connectivity index (χ0v) is 10.6. The first-order chi connectivity index (χ1) is 9.34. The molecule has 3 rings (SSSR count). The highest BCUT2D eigenvalue weighted by atomic mass is 32.2. The molecular formula is C13H9FN4S.